The van der Waals surface area contributed by atoms with Gasteiger partial charge in [0.15, 0.2) is 0 Å². The second-order valence-corrected chi connectivity index (χ2v) is 9.03. The van der Waals surface area contributed by atoms with E-state index < -0.39 is 0 Å². The highest BCUT2D eigenvalue weighted by Gasteiger charge is 2.16. The number of hydrogen-bond acceptors (Lipinski definition) is 5. The smallest absolute Gasteiger partial charge is 0.224 e. The zero-order chi connectivity index (χ0) is 20.4. The van der Waals surface area contributed by atoms with Crippen molar-refractivity contribution in [2.24, 2.45) is 0 Å². The van der Waals surface area contributed by atoms with Gasteiger partial charge in [0.25, 0.3) is 0 Å². The number of aryl methyl sites for hydroxylation is 2. The minimum absolute atomic E-state index is 0.00791. The van der Waals surface area contributed by atoms with E-state index in [0.29, 0.717) is 12.8 Å². The number of aromatic nitrogens is 1. The maximum Gasteiger partial charge on any atom is 0.224 e. The lowest BCUT2D eigenvalue weighted by molar-refractivity contribution is -0.116. The number of amides is 1. The van der Waals surface area contributed by atoms with Crippen LogP contribution in [0.2, 0.25) is 5.02 Å². The number of halogens is 1. The molecule has 1 N–H and O–H groups in total. The number of anilines is 2. The van der Waals surface area contributed by atoms with E-state index in [2.05, 4.69) is 35.2 Å². The summed E-state index contributed by atoms with van der Waals surface area (Å²) in [5.74, 6) is 1.04. The van der Waals surface area contributed by atoms with Crippen LogP contribution < -0.4 is 10.2 Å². The molecule has 0 spiro atoms. The van der Waals surface area contributed by atoms with Crippen LogP contribution in [0.3, 0.4) is 0 Å². The molecule has 29 heavy (non-hydrogen) atoms. The first kappa shape index (κ1) is 20.1. The van der Waals surface area contributed by atoms with E-state index in [-0.39, 0.29) is 5.91 Å². The van der Waals surface area contributed by atoms with Crippen molar-refractivity contribution in [3.05, 3.63) is 51.2 Å². The second kappa shape index (κ2) is 8.69. The van der Waals surface area contributed by atoms with Gasteiger partial charge in [0.05, 0.1) is 10.5 Å². The average Bonchev–Trinajstić information content (AvgIpc) is 3.12. The molecule has 0 aliphatic carbocycles. The standard InChI is InChI=1S/C22H25ClN4OS/c1-15-11-21(27-9-7-26(2)8-10-27)25-20-5-3-17(13-19(15)20)24-22(28)6-4-18-12-16(23)14-29-18/h3,5,11-14H,4,6-10H2,1-2H3,(H,24,28). The van der Waals surface area contributed by atoms with Crippen LogP contribution in [0.15, 0.2) is 35.7 Å². The molecule has 5 nitrogen and oxygen atoms in total. The van der Waals surface area contributed by atoms with Crippen molar-refractivity contribution in [2.75, 3.05) is 43.4 Å². The van der Waals surface area contributed by atoms with Gasteiger partial charge in [-0.2, -0.15) is 0 Å². The van der Waals surface area contributed by atoms with Crippen molar-refractivity contribution in [1.29, 1.82) is 0 Å². The average molecular weight is 429 g/mol. The molecule has 0 bridgehead atoms. The molecule has 7 heteroatoms. The van der Waals surface area contributed by atoms with E-state index in [4.69, 9.17) is 16.6 Å². The number of pyridine rings is 1. The molecule has 4 rings (SSSR count). The van der Waals surface area contributed by atoms with Crippen molar-refractivity contribution in [3.63, 3.8) is 0 Å². The Morgan fingerprint density at radius 3 is 2.72 bits per heavy atom. The predicted molar refractivity (Wildman–Crippen MR) is 122 cm³/mol. The van der Waals surface area contributed by atoms with Crippen molar-refractivity contribution in [2.45, 2.75) is 19.8 Å². The lowest BCUT2D eigenvalue weighted by atomic mass is 10.1. The Bertz CT molecular complexity index is 1030. The first-order chi connectivity index (χ1) is 14.0. The monoisotopic (exact) mass is 428 g/mol. The van der Waals surface area contributed by atoms with Gasteiger partial charge in [0.2, 0.25) is 5.91 Å². The molecule has 1 saturated heterocycles. The molecule has 1 aromatic carbocycles. The van der Waals surface area contributed by atoms with Gasteiger partial charge in [0, 0.05) is 53.9 Å². The fraction of sp³-hybridized carbons (Fsp3) is 0.364. The fourth-order valence-electron chi connectivity index (χ4n) is 3.60. The van der Waals surface area contributed by atoms with Crippen molar-refractivity contribution < 1.29 is 4.79 Å². The number of nitrogens with zero attached hydrogens (tertiary/aromatic N) is 3. The summed E-state index contributed by atoms with van der Waals surface area (Å²) in [5.41, 5.74) is 2.95. The van der Waals surface area contributed by atoms with Crippen LogP contribution in [-0.4, -0.2) is 49.0 Å². The molecule has 1 amide bonds. The third-order valence-corrected chi connectivity index (χ3v) is 6.68. The van der Waals surface area contributed by atoms with Gasteiger partial charge in [-0.15, -0.1) is 11.3 Å². The van der Waals surface area contributed by atoms with Gasteiger partial charge in [-0.05, 0) is 56.3 Å². The van der Waals surface area contributed by atoms with Crippen LogP contribution in [0.25, 0.3) is 10.9 Å². The Kier molecular flexibility index (Phi) is 6.04. The van der Waals surface area contributed by atoms with Gasteiger partial charge < -0.3 is 15.1 Å². The molecule has 0 radical (unpaired) electrons. The number of thiophene rings is 1. The largest absolute Gasteiger partial charge is 0.354 e. The Labute approximate surface area is 180 Å². The summed E-state index contributed by atoms with van der Waals surface area (Å²) in [4.78, 5) is 23.0. The van der Waals surface area contributed by atoms with Gasteiger partial charge in [-0.3, -0.25) is 4.79 Å². The molecule has 3 heterocycles. The highest BCUT2D eigenvalue weighted by Crippen LogP contribution is 2.26. The third kappa shape index (κ3) is 4.89. The summed E-state index contributed by atoms with van der Waals surface area (Å²) in [6.45, 7) is 6.22. The highest BCUT2D eigenvalue weighted by molar-refractivity contribution is 7.10. The summed E-state index contributed by atoms with van der Waals surface area (Å²) in [7, 11) is 2.15. The summed E-state index contributed by atoms with van der Waals surface area (Å²) >= 11 is 7.53. The molecule has 2 aromatic heterocycles. The summed E-state index contributed by atoms with van der Waals surface area (Å²) in [6.07, 6.45) is 1.14. The zero-order valence-electron chi connectivity index (χ0n) is 16.7. The zero-order valence-corrected chi connectivity index (χ0v) is 18.3. The maximum absolute atomic E-state index is 12.3. The van der Waals surface area contributed by atoms with E-state index in [1.165, 1.54) is 5.56 Å². The number of fused-ring (bicyclic) bond motifs is 1. The SMILES string of the molecule is Cc1cc(N2CCN(C)CC2)nc2ccc(NC(=O)CCc3cc(Cl)cs3)cc12. The van der Waals surface area contributed by atoms with Crippen LogP contribution in [0, 0.1) is 6.92 Å². The predicted octanol–water partition coefficient (Wildman–Crippen LogP) is 4.58. The van der Waals surface area contributed by atoms with Gasteiger partial charge >= 0.3 is 0 Å². The van der Waals surface area contributed by atoms with E-state index >= 15 is 0 Å². The summed E-state index contributed by atoms with van der Waals surface area (Å²) in [6, 6.07) is 10.0. The van der Waals surface area contributed by atoms with Crippen LogP contribution in [0.1, 0.15) is 16.9 Å². The maximum atomic E-state index is 12.3. The Hall–Kier alpha value is -2.15. The third-order valence-electron chi connectivity index (χ3n) is 5.33. The van der Waals surface area contributed by atoms with Gasteiger partial charge in [-0.25, -0.2) is 4.98 Å². The van der Waals surface area contributed by atoms with E-state index in [0.717, 1.165) is 58.5 Å². The summed E-state index contributed by atoms with van der Waals surface area (Å²) < 4.78 is 0. The Morgan fingerprint density at radius 2 is 2.00 bits per heavy atom. The van der Waals surface area contributed by atoms with Crippen molar-refractivity contribution >= 4 is 51.3 Å². The minimum Gasteiger partial charge on any atom is -0.354 e. The summed E-state index contributed by atoms with van der Waals surface area (Å²) in [5, 5.41) is 6.71. The first-order valence-corrected chi connectivity index (χ1v) is 11.1. The lowest BCUT2D eigenvalue weighted by Gasteiger charge is -2.33. The Balaban J connectivity index is 1.45. The molecule has 0 saturated carbocycles. The number of benzene rings is 1. The number of likely N-dealkylation sites (N-methyl/N-ethyl adjacent to an activating group) is 1. The van der Waals surface area contributed by atoms with E-state index in [9.17, 15) is 4.79 Å². The number of nitrogens with one attached hydrogen (secondary N) is 1. The highest BCUT2D eigenvalue weighted by atomic mass is 35.5. The first-order valence-electron chi connectivity index (χ1n) is 9.85. The van der Waals surface area contributed by atoms with Gasteiger partial charge in [0.1, 0.15) is 5.82 Å². The van der Waals surface area contributed by atoms with Crippen molar-refractivity contribution in [3.8, 4) is 0 Å². The number of piperazine rings is 1. The topological polar surface area (TPSA) is 48.5 Å². The number of rotatable bonds is 5. The van der Waals surface area contributed by atoms with Crippen LogP contribution in [-0.2, 0) is 11.2 Å². The van der Waals surface area contributed by atoms with E-state index in [1.54, 1.807) is 11.3 Å². The lowest BCUT2D eigenvalue weighted by Crippen LogP contribution is -2.44. The van der Waals surface area contributed by atoms with Crippen LogP contribution in [0.5, 0.6) is 0 Å². The second-order valence-electron chi connectivity index (χ2n) is 7.60. The van der Waals surface area contributed by atoms with Gasteiger partial charge in [-0.1, -0.05) is 11.6 Å². The normalized spacial score (nSPS) is 15.1. The molecule has 3 aromatic rings. The molecule has 0 atom stereocenters. The number of hydrogen-bond donors (Lipinski definition) is 1. The Morgan fingerprint density at radius 1 is 1.21 bits per heavy atom. The molecular weight excluding hydrogens is 404 g/mol. The molecule has 152 valence electrons. The molecular formula is C22H25ClN4OS. The molecule has 0 unspecified atom stereocenters. The van der Waals surface area contributed by atoms with Crippen LogP contribution >= 0.6 is 22.9 Å². The molecule has 1 aliphatic rings. The number of carbonyl (C=O) groups excluding carboxylic acids is 1. The van der Waals surface area contributed by atoms with Crippen LogP contribution in [0.4, 0.5) is 11.5 Å². The number of carbonyl (C=O) groups is 1. The molecule has 1 aliphatic heterocycles. The van der Waals surface area contributed by atoms with E-state index in [1.807, 2.05) is 29.6 Å². The van der Waals surface area contributed by atoms with Crippen molar-refractivity contribution in [1.82, 2.24) is 9.88 Å². The quantitative estimate of drug-likeness (QED) is 0.646. The fourth-order valence-corrected chi connectivity index (χ4v) is 4.67. The minimum atomic E-state index is 0.00791. The molecule has 1 fully saturated rings.